The van der Waals surface area contributed by atoms with E-state index in [4.69, 9.17) is 9.47 Å². The zero-order valence-electron chi connectivity index (χ0n) is 13.2. The first-order chi connectivity index (χ1) is 11.3. The van der Waals surface area contributed by atoms with Gasteiger partial charge in [0.25, 0.3) is 0 Å². The Balaban J connectivity index is 1.70. The van der Waals surface area contributed by atoms with Crippen molar-refractivity contribution in [2.24, 2.45) is 0 Å². The number of nitrogens with one attached hydrogen (secondary N) is 2. The van der Waals surface area contributed by atoms with Crippen molar-refractivity contribution < 1.29 is 14.3 Å². The number of carbonyl (C=O) groups is 1. The second-order valence-electron chi connectivity index (χ2n) is 4.96. The number of ether oxygens (including phenoxy) is 2. The fraction of sp³-hybridized carbons (Fsp3) is 0.278. The average molecular weight is 314 g/mol. The third-order valence-corrected chi connectivity index (χ3v) is 3.15. The van der Waals surface area contributed by atoms with E-state index in [1.165, 1.54) is 0 Å². The maximum absolute atomic E-state index is 11.9. The summed E-state index contributed by atoms with van der Waals surface area (Å²) in [7, 11) is 1.67. The van der Waals surface area contributed by atoms with Crippen LogP contribution in [0.1, 0.15) is 6.42 Å². The first-order valence-electron chi connectivity index (χ1n) is 7.58. The number of benzene rings is 2. The number of rotatable bonds is 9. The van der Waals surface area contributed by atoms with Crippen LogP contribution in [0.4, 0.5) is 11.4 Å². The Hall–Kier alpha value is -2.53. The topological polar surface area (TPSA) is 59.6 Å². The minimum absolute atomic E-state index is 0.0685. The third-order valence-electron chi connectivity index (χ3n) is 3.15. The molecule has 0 radical (unpaired) electrons. The highest BCUT2D eigenvalue weighted by molar-refractivity contribution is 5.90. The number of para-hydroxylation sites is 1. The summed E-state index contributed by atoms with van der Waals surface area (Å²) in [6.07, 6.45) is 0.308. The van der Waals surface area contributed by atoms with Gasteiger partial charge >= 0.3 is 0 Å². The lowest BCUT2D eigenvalue weighted by atomic mass is 10.2. The standard InChI is InChI=1S/C18H22N2O3/c1-22-14-12-19-15-7-9-16(10-8-15)20-18(21)11-13-23-17-5-3-2-4-6-17/h2-10,19H,11-14H2,1H3,(H,20,21). The van der Waals surface area contributed by atoms with Gasteiger partial charge in [-0.1, -0.05) is 18.2 Å². The molecule has 2 aromatic rings. The minimum atomic E-state index is -0.0685. The van der Waals surface area contributed by atoms with Gasteiger partial charge in [0.2, 0.25) is 5.91 Å². The van der Waals surface area contributed by atoms with E-state index in [9.17, 15) is 4.79 Å². The van der Waals surface area contributed by atoms with Crippen LogP contribution in [0.25, 0.3) is 0 Å². The Labute approximate surface area is 136 Å². The first kappa shape index (κ1) is 16.8. The van der Waals surface area contributed by atoms with Crippen LogP contribution >= 0.6 is 0 Å². The van der Waals surface area contributed by atoms with E-state index in [0.29, 0.717) is 19.6 Å². The number of anilines is 2. The van der Waals surface area contributed by atoms with Crippen molar-refractivity contribution in [3.8, 4) is 5.75 Å². The molecule has 0 atom stereocenters. The Bertz CT molecular complexity index is 585. The van der Waals surface area contributed by atoms with Gasteiger partial charge in [0.05, 0.1) is 19.6 Å². The monoisotopic (exact) mass is 314 g/mol. The second-order valence-corrected chi connectivity index (χ2v) is 4.96. The summed E-state index contributed by atoms with van der Waals surface area (Å²) >= 11 is 0. The molecule has 2 rings (SSSR count). The zero-order chi connectivity index (χ0) is 16.3. The van der Waals surface area contributed by atoms with Gasteiger partial charge in [-0.2, -0.15) is 0 Å². The molecule has 5 heteroatoms. The molecule has 0 saturated heterocycles. The van der Waals surface area contributed by atoms with Crippen LogP contribution in [0.3, 0.4) is 0 Å². The number of carbonyl (C=O) groups excluding carboxylic acids is 1. The summed E-state index contributed by atoms with van der Waals surface area (Å²) in [4.78, 5) is 11.9. The molecular formula is C18H22N2O3. The Kier molecular flexibility index (Phi) is 6.94. The van der Waals surface area contributed by atoms with Crippen LogP contribution in [0.15, 0.2) is 54.6 Å². The van der Waals surface area contributed by atoms with E-state index in [0.717, 1.165) is 23.7 Å². The van der Waals surface area contributed by atoms with Gasteiger partial charge in [-0.05, 0) is 36.4 Å². The molecule has 2 aromatic carbocycles. The van der Waals surface area contributed by atoms with E-state index in [2.05, 4.69) is 10.6 Å². The average Bonchev–Trinajstić information content (AvgIpc) is 2.58. The van der Waals surface area contributed by atoms with Crippen molar-refractivity contribution in [1.29, 1.82) is 0 Å². The van der Waals surface area contributed by atoms with Crippen LogP contribution in [0.2, 0.25) is 0 Å². The fourth-order valence-corrected chi connectivity index (χ4v) is 1.97. The molecule has 122 valence electrons. The summed E-state index contributed by atoms with van der Waals surface area (Å²) < 4.78 is 10.5. The van der Waals surface area contributed by atoms with Gasteiger partial charge in [0.1, 0.15) is 5.75 Å². The molecule has 0 bridgehead atoms. The normalized spacial score (nSPS) is 10.1. The molecule has 0 unspecified atom stereocenters. The predicted octanol–water partition coefficient (Wildman–Crippen LogP) is 3.15. The maximum atomic E-state index is 11.9. The molecule has 1 amide bonds. The quantitative estimate of drug-likeness (QED) is 0.698. The minimum Gasteiger partial charge on any atom is -0.493 e. The molecule has 0 aliphatic heterocycles. The summed E-state index contributed by atoms with van der Waals surface area (Å²) in [5, 5.41) is 6.07. The largest absolute Gasteiger partial charge is 0.493 e. The zero-order valence-corrected chi connectivity index (χ0v) is 13.2. The Morgan fingerprint density at radius 1 is 0.957 bits per heavy atom. The Morgan fingerprint density at radius 3 is 2.35 bits per heavy atom. The number of hydrogen-bond donors (Lipinski definition) is 2. The van der Waals surface area contributed by atoms with Gasteiger partial charge in [0.15, 0.2) is 0 Å². The van der Waals surface area contributed by atoms with Gasteiger partial charge in [-0.3, -0.25) is 4.79 Å². The number of amides is 1. The SMILES string of the molecule is COCCNc1ccc(NC(=O)CCOc2ccccc2)cc1. The highest BCUT2D eigenvalue weighted by Crippen LogP contribution is 2.14. The van der Waals surface area contributed by atoms with Crippen molar-refractivity contribution in [1.82, 2.24) is 0 Å². The number of hydrogen-bond acceptors (Lipinski definition) is 4. The number of methoxy groups -OCH3 is 1. The van der Waals surface area contributed by atoms with E-state index in [-0.39, 0.29) is 5.91 Å². The van der Waals surface area contributed by atoms with Crippen LogP contribution in [0, 0.1) is 0 Å². The summed E-state index contributed by atoms with van der Waals surface area (Å²) in [5.74, 6) is 0.702. The predicted molar refractivity (Wildman–Crippen MR) is 92.0 cm³/mol. The van der Waals surface area contributed by atoms with Gasteiger partial charge in [-0.15, -0.1) is 0 Å². The lowest BCUT2D eigenvalue weighted by molar-refractivity contribution is -0.116. The van der Waals surface area contributed by atoms with Gasteiger partial charge < -0.3 is 20.1 Å². The smallest absolute Gasteiger partial charge is 0.227 e. The van der Waals surface area contributed by atoms with Crippen LogP contribution in [0.5, 0.6) is 5.75 Å². The van der Waals surface area contributed by atoms with Crippen molar-refractivity contribution in [3.63, 3.8) is 0 Å². The van der Waals surface area contributed by atoms with Gasteiger partial charge in [0, 0.05) is 25.0 Å². The molecular weight excluding hydrogens is 292 g/mol. The van der Waals surface area contributed by atoms with Gasteiger partial charge in [-0.25, -0.2) is 0 Å². The van der Waals surface area contributed by atoms with E-state index in [1.807, 2.05) is 54.6 Å². The maximum Gasteiger partial charge on any atom is 0.227 e. The highest BCUT2D eigenvalue weighted by Gasteiger charge is 2.03. The molecule has 0 aliphatic carbocycles. The lowest BCUT2D eigenvalue weighted by Crippen LogP contribution is -2.15. The molecule has 0 fully saturated rings. The van der Waals surface area contributed by atoms with Crippen LogP contribution < -0.4 is 15.4 Å². The van der Waals surface area contributed by atoms with E-state index >= 15 is 0 Å². The van der Waals surface area contributed by atoms with Crippen molar-refractivity contribution in [2.75, 3.05) is 37.5 Å². The second kappa shape index (κ2) is 9.48. The molecule has 0 aromatic heterocycles. The van der Waals surface area contributed by atoms with Crippen LogP contribution in [-0.4, -0.2) is 32.8 Å². The van der Waals surface area contributed by atoms with Crippen LogP contribution in [-0.2, 0) is 9.53 Å². The molecule has 5 nitrogen and oxygen atoms in total. The third kappa shape index (κ3) is 6.40. The molecule has 0 saturated carbocycles. The summed E-state index contributed by atoms with van der Waals surface area (Å²) in [5.41, 5.74) is 1.76. The molecule has 2 N–H and O–H groups in total. The van der Waals surface area contributed by atoms with E-state index in [1.54, 1.807) is 7.11 Å². The summed E-state index contributed by atoms with van der Waals surface area (Å²) in [6.45, 7) is 1.76. The molecule has 0 heterocycles. The lowest BCUT2D eigenvalue weighted by Gasteiger charge is -2.09. The molecule has 23 heavy (non-hydrogen) atoms. The Morgan fingerprint density at radius 2 is 1.65 bits per heavy atom. The molecule has 0 aliphatic rings. The summed E-state index contributed by atoms with van der Waals surface area (Å²) in [6, 6.07) is 17.0. The van der Waals surface area contributed by atoms with Crippen molar-refractivity contribution >= 4 is 17.3 Å². The molecule has 0 spiro atoms. The fourth-order valence-electron chi connectivity index (χ4n) is 1.97. The first-order valence-corrected chi connectivity index (χ1v) is 7.58. The van der Waals surface area contributed by atoms with Crippen molar-refractivity contribution in [2.45, 2.75) is 6.42 Å². The van der Waals surface area contributed by atoms with E-state index < -0.39 is 0 Å². The van der Waals surface area contributed by atoms with Crippen molar-refractivity contribution in [3.05, 3.63) is 54.6 Å². The highest BCUT2D eigenvalue weighted by atomic mass is 16.5.